The molecular weight excluding hydrogens is 268 g/mol. The van der Waals surface area contributed by atoms with Crippen molar-refractivity contribution in [2.45, 2.75) is 30.3 Å². The molecule has 0 N–H and O–H groups in total. The third-order valence-corrected chi connectivity index (χ3v) is 3.92. The topological polar surface area (TPSA) is 26.3 Å². The molecule has 102 valence electrons. The van der Waals surface area contributed by atoms with E-state index in [1.807, 2.05) is 24.3 Å². The minimum atomic E-state index is -0.275. The molecule has 1 aliphatic rings. The van der Waals surface area contributed by atoms with Crippen LogP contribution in [-0.2, 0) is 11.2 Å². The molecule has 0 saturated carbocycles. The fourth-order valence-electron chi connectivity index (χ4n) is 2.66. The molecule has 1 atom stereocenters. The van der Waals surface area contributed by atoms with Crippen LogP contribution in [-0.4, -0.2) is 5.97 Å². The zero-order valence-corrected chi connectivity index (χ0v) is 12.0. The average Bonchev–Trinajstić information content (AvgIpc) is 2.47. The zero-order chi connectivity index (χ0) is 13.9. The van der Waals surface area contributed by atoms with Crippen molar-refractivity contribution in [3.63, 3.8) is 0 Å². The van der Waals surface area contributed by atoms with Gasteiger partial charge in [0.05, 0.1) is 5.56 Å². The molecular formula is C17H16O2S. The normalized spacial score (nSPS) is 17.4. The largest absolute Gasteiger partial charge is 0.454 e. The van der Waals surface area contributed by atoms with Crippen molar-refractivity contribution in [3.8, 4) is 0 Å². The number of benzene rings is 2. The second-order valence-electron chi connectivity index (χ2n) is 5.04. The van der Waals surface area contributed by atoms with Gasteiger partial charge in [-0.15, -0.1) is 12.6 Å². The molecule has 0 aromatic heterocycles. The molecule has 0 spiro atoms. The van der Waals surface area contributed by atoms with Crippen molar-refractivity contribution in [1.82, 2.24) is 0 Å². The number of thiol groups is 1. The van der Waals surface area contributed by atoms with Gasteiger partial charge in [-0.05, 0) is 48.6 Å². The molecule has 0 bridgehead atoms. The number of carbonyl (C=O) groups is 1. The average molecular weight is 284 g/mol. The number of rotatable bonds is 2. The van der Waals surface area contributed by atoms with Crippen LogP contribution >= 0.6 is 12.6 Å². The van der Waals surface area contributed by atoms with E-state index in [-0.39, 0.29) is 12.1 Å². The summed E-state index contributed by atoms with van der Waals surface area (Å²) >= 11 is 4.25. The second kappa shape index (κ2) is 5.71. The molecule has 2 aromatic carbocycles. The summed E-state index contributed by atoms with van der Waals surface area (Å²) in [4.78, 5) is 13.0. The van der Waals surface area contributed by atoms with Crippen LogP contribution in [0.15, 0.2) is 53.4 Å². The van der Waals surface area contributed by atoms with Crippen LogP contribution in [0.1, 0.15) is 40.4 Å². The van der Waals surface area contributed by atoms with Gasteiger partial charge in [0, 0.05) is 4.90 Å². The standard InChI is InChI=1S/C17H16O2S/c18-17(13-7-3-8-14(20)11-13)19-16-10-4-6-12-5-1-2-9-15(12)16/h1-3,5,7-9,11,16,20H,4,6,10H2. The van der Waals surface area contributed by atoms with Crippen molar-refractivity contribution in [1.29, 1.82) is 0 Å². The SMILES string of the molecule is O=C(OC1CCCc2ccccc21)c1cccc(S)c1. The smallest absolute Gasteiger partial charge is 0.338 e. The van der Waals surface area contributed by atoms with E-state index in [1.54, 1.807) is 12.1 Å². The van der Waals surface area contributed by atoms with Crippen LogP contribution in [0.25, 0.3) is 0 Å². The molecule has 3 heteroatoms. The lowest BCUT2D eigenvalue weighted by Crippen LogP contribution is -2.16. The zero-order valence-electron chi connectivity index (χ0n) is 11.1. The van der Waals surface area contributed by atoms with E-state index in [9.17, 15) is 4.79 Å². The number of hydrogen-bond acceptors (Lipinski definition) is 3. The highest BCUT2D eigenvalue weighted by molar-refractivity contribution is 7.80. The summed E-state index contributed by atoms with van der Waals surface area (Å²) in [7, 11) is 0. The minimum Gasteiger partial charge on any atom is -0.454 e. The van der Waals surface area contributed by atoms with Crippen LogP contribution in [0.2, 0.25) is 0 Å². The molecule has 2 aromatic rings. The Balaban J connectivity index is 1.81. The van der Waals surface area contributed by atoms with Crippen molar-refractivity contribution < 1.29 is 9.53 Å². The monoisotopic (exact) mass is 284 g/mol. The molecule has 0 fully saturated rings. The van der Waals surface area contributed by atoms with E-state index in [4.69, 9.17) is 4.74 Å². The van der Waals surface area contributed by atoms with Gasteiger partial charge in [0.1, 0.15) is 6.10 Å². The molecule has 0 heterocycles. The predicted octanol–water partition coefficient (Wildman–Crippen LogP) is 4.21. The Morgan fingerprint density at radius 3 is 2.85 bits per heavy atom. The molecule has 0 saturated heterocycles. The molecule has 3 rings (SSSR count). The van der Waals surface area contributed by atoms with Gasteiger partial charge in [-0.1, -0.05) is 30.3 Å². The molecule has 1 unspecified atom stereocenters. The number of ether oxygens (including phenoxy) is 1. The Labute approximate surface area is 124 Å². The van der Waals surface area contributed by atoms with E-state index < -0.39 is 0 Å². The van der Waals surface area contributed by atoms with E-state index in [0.717, 1.165) is 29.7 Å². The van der Waals surface area contributed by atoms with Gasteiger partial charge in [0.2, 0.25) is 0 Å². The van der Waals surface area contributed by atoms with Crippen LogP contribution in [0.3, 0.4) is 0 Å². The van der Waals surface area contributed by atoms with Crippen LogP contribution in [0.4, 0.5) is 0 Å². The van der Waals surface area contributed by atoms with Gasteiger partial charge in [0.15, 0.2) is 0 Å². The third kappa shape index (κ3) is 2.73. The van der Waals surface area contributed by atoms with Gasteiger partial charge < -0.3 is 4.74 Å². The summed E-state index contributed by atoms with van der Waals surface area (Å²) in [6, 6.07) is 15.4. The highest BCUT2D eigenvalue weighted by Crippen LogP contribution is 2.33. The molecule has 0 radical (unpaired) electrons. The van der Waals surface area contributed by atoms with Crippen molar-refractivity contribution >= 4 is 18.6 Å². The Morgan fingerprint density at radius 2 is 2.00 bits per heavy atom. The quantitative estimate of drug-likeness (QED) is 0.660. The highest BCUT2D eigenvalue weighted by Gasteiger charge is 2.23. The number of esters is 1. The lowest BCUT2D eigenvalue weighted by molar-refractivity contribution is 0.0256. The fourth-order valence-corrected chi connectivity index (χ4v) is 2.89. The first-order valence-corrected chi connectivity index (χ1v) is 7.26. The molecule has 20 heavy (non-hydrogen) atoms. The van der Waals surface area contributed by atoms with Crippen LogP contribution in [0.5, 0.6) is 0 Å². The molecule has 2 nitrogen and oxygen atoms in total. The van der Waals surface area contributed by atoms with Crippen molar-refractivity contribution in [2.24, 2.45) is 0 Å². The van der Waals surface area contributed by atoms with Crippen LogP contribution in [0, 0.1) is 0 Å². The van der Waals surface area contributed by atoms with Gasteiger partial charge in [-0.25, -0.2) is 4.79 Å². The molecule has 0 amide bonds. The Morgan fingerprint density at radius 1 is 1.15 bits per heavy atom. The second-order valence-corrected chi connectivity index (χ2v) is 5.55. The predicted molar refractivity (Wildman–Crippen MR) is 81.2 cm³/mol. The summed E-state index contributed by atoms with van der Waals surface area (Å²) < 4.78 is 5.69. The summed E-state index contributed by atoms with van der Waals surface area (Å²) in [6.45, 7) is 0. The van der Waals surface area contributed by atoms with E-state index in [0.29, 0.717) is 5.56 Å². The summed E-state index contributed by atoms with van der Waals surface area (Å²) in [5.74, 6) is -0.275. The van der Waals surface area contributed by atoms with E-state index >= 15 is 0 Å². The lowest BCUT2D eigenvalue weighted by atomic mass is 9.89. The number of hydrogen-bond donors (Lipinski definition) is 1. The number of aryl methyl sites for hydroxylation is 1. The summed E-state index contributed by atoms with van der Waals surface area (Å²) in [5, 5.41) is 0. The maximum Gasteiger partial charge on any atom is 0.338 e. The maximum atomic E-state index is 12.2. The van der Waals surface area contributed by atoms with Crippen LogP contribution < -0.4 is 0 Å². The van der Waals surface area contributed by atoms with Gasteiger partial charge in [-0.3, -0.25) is 0 Å². The lowest BCUT2D eigenvalue weighted by Gasteiger charge is -2.25. The Hall–Kier alpha value is -1.74. The molecule has 1 aliphatic carbocycles. The van der Waals surface area contributed by atoms with Gasteiger partial charge in [0.25, 0.3) is 0 Å². The maximum absolute atomic E-state index is 12.2. The number of fused-ring (bicyclic) bond motifs is 1. The number of carbonyl (C=O) groups excluding carboxylic acids is 1. The highest BCUT2D eigenvalue weighted by atomic mass is 32.1. The van der Waals surface area contributed by atoms with Gasteiger partial charge in [-0.2, -0.15) is 0 Å². The summed E-state index contributed by atoms with van der Waals surface area (Å²) in [5.41, 5.74) is 2.99. The van der Waals surface area contributed by atoms with E-state index in [2.05, 4.69) is 24.8 Å². The molecule has 0 aliphatic heterocycles. The van der Waals surface area contributed by atoms with E-state index in [1.165, 1.54) is 5.56 Å². The third-order valence-electron chi connectivity index (χ3n) is 3.65. The minimum absolute atomic E-state index is 0.129. The first kappa shape index (κ1) is 13.3. The summed E-state index contributed by atoms with van der Waals surface area (Å²) in [6.07, 6.45) is 2.89. The fraction of sp³-hybridized carbons (Fsp3) is 0.235. The Kier molecular flexibility index (Phi) is 3.79. The van der Waals surface area contributed by atoms with Crippen molar-refractivity contribution in [2.75, 3.05) is 0 Å². The van der Waals surface area contributed by atoms with Gasteiger partial charge >= 0.3 is 5.97 Å². The van der Waals surface area contributed by atoms with Crippen molar-refractivity contribution in [3.05, 3.63) is 65.2 Å². The Bertz CT molecular complexity index is 636. The first-order valence-electron chi connectivity index (χ1n) is 6.82. The first-order chi connectivity index (χ1) is 9.74.